The number of aliphatic carboxylic acids is 1. The zero-order chi connectivity index (χ0) is 11.4. The topological polar surface area (TPSA) is 104 Å². The Kier molecular flexibility index (Phi) is 4.52. The first-order chi connectivity index (χ1) is 6.29. The molecule has 0 aliphatic rings. The lowest BCUT2D eigenvalue weighted by Gasteiger charge is -2.26. The molecule has 0 heterocycles. The van der Waals surface area contributed by atoms with Gasteiger partial charge in [-0.25, -0.2) is 4.79 Å². The van der Waals surface area contributed by atoms with E-state index in [0.29, 0.717) is 6.54 Å². The van der Waals surface area contributed by atoms with E-state index in [-0.39, 0.29) is 13.1 Å². The number of hydrogen-bond acceptors (Lipinski definition) is 4. The summed E-state index contributed by atoms with van der Waals surface area (Å²) in [6.45, 7) is 3.20. The lowest BCUT2D eigenvalue weighted by molar-refractivity contribution is -0.158. The van der Waals surface area contributed by atoms with E-state index >= 15 is 0 Å². The van der Waals surface area contributed by atoms with Crippen molar-refractivity contribution >= 4 is 11.9 Å². The molecule has 82 valence electrons. The van der Waals surface area contributed by atoms with E-state index in [4.69, 9.17) is 10.8 Å². The van der Waals surface area contributed by atoms with Crippen LogP contribution in [-0.4, -0.2) is 52.2 Å². The molecule has 1 atom stereocenters. The summed E-state index contributed by atoms with van der Waals surface area (Å²) in [5, 5.41) is 18.0. The fourth-order valence-corrected chi connectivity index (χ4v) is 1.00. The van der Waals surface area contributed by atoms with Crippen LogP contribution in [0.3, 0.4) is 0 Å². The van der Waals surface area contributed by atoms with Crippen molar-refractivity contribution in [3.05, 3.63) is 0 Å². The van der Waals surface area contributed by atoms with Gasteiger partial charge in [-0.1, -0.05) is 6.92 Å². The molecule has 0 rings (SSSR count). The fourth-order valence-electron chi connectivity index (χ4n) is 1.00. The largest absolute Gasteiger partial charge is 0.479 e. The highest BCUT2D eigenvalue weighted by Gasteiger charge is 2.32. The van der Waals surface area contributed by atoms with Gasteiger partial charge in [-0.05, 0) is 13.5 Å². The predicted octanol–water partition coefficient (Wildman–Crippen LogP) is -1.37. The van der Waals surface area contributed by atoms with Crippen LogP contribution in [-0.2, 0) is 9.59 Å². The average Bonchev–Trinajstić information content (AvgIpc) is 2.01. The van der Waals surface area contributed by atoms with Crippen LogP contribution in [0.5, 0.6) is 0 Å². The van der Waals surface area contributed by atoms with Crippen molar-refractivity contribution in [2.45, 2.75) is 19.4 Å². The van der Waals surface area contributed by atoms with Crippen LogP contribution in [0, 0.1) is 0 Å². The lowest BCUT2D eigenvalue weighted by Crippen LogP contribution is -2.48. The summed E-state index contributed by atoms with van der Waals surface area (Å²) in [5.41, 5.74) is 3.10. The molecule has 0 saturated carbocycles. The van der Waals surface area contributed by atoms with Gasteiger partial charge in [0.1, 0.15) is 0 Å². The summed E-state index contributed by atoms with van der Waals surface area (Å²) >= 11 is 0. The zero-order valence-electron chi connectivity index (χ0n) is 8.36. The van der Waals surface area contributed by atoms with Crippen molar-refractivity contribution in [1.82, 2.24) is 4.90 Å². The van der Waals surface area contributed by atoms with Gasteiger partial charge in [-0.3, -0.25) is 9.69 Å². The van der Waals surface area contributed by atoms with Gasteiger partial charge in [-0.15, -0.1) is 0 Å². The maximum absolute atomic E-state index is 10.6. The number of amides is 1. The summed E-state index contributed by atoms with van der Waals surface area (Å²) in [6.07, 6.45) is 0. The first kappa shape index (κ1) is 12.9. The molecular formula is C8H16N2O4. The number of nitrogens with two attached hydrogens (primary N) is 1. The monoisotopic (exact) mass is 204 g/mol. The molecule has 4 N–H and O–H groups in total. The van der Waals surface area contributed by atoms with Crippen LogP contribution in [0.2, 0.25) is 0 Å². The van der Waals surface area contributed by atoms with Crippen molar-refractivity contribution < 1.29 is 19.8 Å². The van der Waals surface area contributed by atoms with Crippen LogP contribution >= 0.6 is 0 Å². The van der Waals surface area contributed by atoms with E-state index in [0.717, 1.165) is 0 Å². The average molecular weight is 204 g/mol. The number of nitrogens with zero attached hydrogens (tertiary/aromatic N) is 1. The van der Waals surface area contributed by atoms with Gasteiger partial charge >= 0.3 is 5.97 Å². The molecular weight excluding hydrogens is 188 g/mol. The molecule has 0 aliphatic carbocycles. The fraction of sp³-hybridized carbons (Fsp3) is 0.750. The highest BCUT2D eigenvalue weighted by atomic mass is 16.4. The Bertz CT molecular complexity index is 227. The van der Waals surface area contributed by atoms with Gasteiger partial charge in [-0.2, -0.15) is 0 Å². The molecule has 0 fully saturated rings. The van der Waals surface area contributed by atoms with E-state index in [2.05, 4.69) is 0 Å². The van der Waals surface area contributed by atoms with E-state index in [1.165, 1.54) is 11.8 Å². The Morgan fingerprint density at radius 3 is 2.29 bits per heavy atom. The third-order valence-corrected chi connectivity index (χ3v) is 1.82. The highest BCUT2D eigenvalue weighted by molar-refractivity contribution is 5.78. The second kappa shape index (κ2) is 4.92. The Morgan fingerprint density at radius 1 is 1.50 bits per heavy atom. The lowest BCUT2D eigenvalue weighted by atomic mass is 10.1. The summed E-state index contributed by atoms with van der Waals surface area (Å²) in [7, 11) is 0. The first-order valence-electron chi connectivity index (χ1n) is 4.26. The SMILES string of the molecule is CCN(CC(N)=O)CC(C)(O)C(=O)O. The highest BCUT2D eigenvalue weighted by Crippen LogP contribution is 2.06. The maximum atomic E-state index is 10.6. The minimum atomic E-state index is -1.86. The summed E-state index contributed by atoms with van der Waals surface area (Å²) in [5.74, 6) is -1.87. The first-order valence-corrected chi connectivity index (χ1v) is 4.26. The van der Waals surface area contributed by atoms with Gasteiger partial charge in [0.15, 0.2) is 5.60 Å². The van der Waals surface area contributed by atoms with E-state index in [1.54, 1.807) is 6.92 Å². The Hall–Kier alpha value is -1.14. The van der Waals surface area contributed by atoms with Crippen molar-refractivity contribution in [3.8, 4) is 0 Å². The number of primary amides is 1. The number of carbonyl (C=O) groups is 2. The van der Waals surface area contributed by atoms with Gasteiger partial charge in [0.2, 0.25) is 5.91 Å². The predicted molar refractivity (Wildman–Crippen MR) is 49.6 cm³/mol. The molecule has 0 aromatic rings. The van der Waals surface area contributed by atoms with Crippen molar-refractivity contribution in [3.63, 3.8) is 0 Å². The number of carbonyl (C=O) groups excluding carboxylic acids is 1. The third-order valence-electron chi connectivity index (χ3n) is 1.82. The second-order valence-electron chi connectivity index (χ2n) is 3.35. The van der Waals surface area contributed by atoms with Crippen LogP contribution < -0.4 is 5.73 Å². The van der Waals surface area contributed by atoms with Gasteiger partial charge in [0.25, 0.3) is 0 Å². The molecule has 0 spiro atoms. The molecule has 1 amide bonds. The van der Waals surface area contributed by atoms with E-state index < -0.39 is 17.5 Å². The molecule has 0 radical (unpaired) electrons. The summed E-state index contributed by atoms with van der Waals surface area (Å²) < 4.78 is 0. The van der Waals surface area contributed by atoms with Crippen LogP contribution in [0.25, 0.3) is 0 Å². The Balaban J connectivity index is 4.30. The standard InChI is InChI=1S/C8H16N2O4/c1-3-10(4-6(9)11)5-8(2,14)7(12)13/h14H,3-5H2,1-2H3,(H2,9,11)(H,12,13). The van der Waals surface area contributed by atoms with Gasteiger partial charge < -0.3 is 15.9 Å². The number of carboxylic acid groups (broad SMARTS) is 1. The normalized spacial score (nSPS) is 15.1. The van der Waals surface area contributed by atoms with Crippen LogP contribution in [0.15, 0.2) is 0 Å². The molecule has 0 bridgehead atoms. The third kappa shape index (κ3) is 4.20. The number of aliphatic hydroxyl groups is 1. The molecule has 0 aromatic heterocycles. The molecule has 6 nitrogen and oxygen atoms in total. The number of hydrogen-bond donors (Lipinski definition) is 3. The summed E-state index contributed by atoms with van der Waals surface area (Å²) in [4.78, 5) is 22.6. The Morgan fingerprint density at radius 2 is 2.00 bits per heavy atom. The van der Waals surface area contributed by atoms with Crippen molar-refractivity contribution in [2.24, 2.45) is 5.73 Å². The smallest absolute Gasteiger partial charge is 0.336 e. The van der Waals surface area contributed by atoms with E-state index in [1.807, 2.05) is 0 Å². The van der Waals surface area contributed by atoms with Crippen LogP contribution in [0.4, 0.5) is 0 Å². The molecule has 6 heteroatoms. The quantitative estimate of drug-likeness (QED) is 0.495. The number of rotatable bonds is 6. The zero-order valence-corrected chi connectivity index (χ0v) is 8.36. The molecule has 0 saturated heterocycles. The molecule has 1 unspecified atom stereocenters. The Labute approximate surface area is 82.3 Å². The number of likely N-dealkylation sites (N-methyl/N-ethyl adjacent to an activating group) is 1. The summed E-state index contributed by atoms with van der Waals surface area (Å²) in [6, 6.07) is 0. The van der Waals surface area contributed by atoms with Gasteiger partial charge in [0, 0.05) is 6.54 Å². The second-order valence-corrected chi connectivity index (χ2v) is 3.35. The molecule has 14 heavy (non-hydrogen) atoms. The number of carboxylic acids is 1. The van der Waals surface area contributed by atoms with Crippen molar-refractivity contribution in [1.29, 1.82) is 0 Å². The maximum Gasteiger partial charge on any atom is 0.336 e. The molecule has 0 aliphatic heterocycles. The minimum Gasteiger partial charge on any atom is -0.479 e. The van der Waals surface area contributed by atoms with E-state index in [9.17, 15) is 14.7 Å². The van der Waals surface area contributed by atoms with Gasteiger partial charge in [0.05, 0.1) is 6.54 Å². The minimum absolute atomic E-state index is 0.0556. The van der Waals surface area contributed by atoms with Crippen molar-refractivity contribution in [2.75, 3.05) is 19.6 Å². The van der Waals surface area contributed by atoms with Crippen LogP contribution in [0.1, 0.15) is 13.8 Å². The molecule has 0 aromatic carbocycles.